The minimum absolute atomic E-state index is 0.366. The third-order valence-electron chi connectivity index (χ3n) is 3.65. The SMILES string of the molecule is CC(C)CC(ON)c1nc(-c2ccn(-c3ccccc3)n2)no1.O=C(O)C(F)(F)F. The van der Waals surface area contributed by atoms with E-state index in [0.717, 1.165) is 5.69 Å². The lowest BCUT2D eigenvalue weighted by Crippen LogP contribution is -2.21. The molecule has 0 aliphatic rings. The van der Waals surface area contributed by atoms with Crippen LogP contribution in [0, 0.1) is 5.92 Å². The molecule has 1 atom stereocenters. The molecule has 162 valence electrons. The summed E-state index contributed by atoms with van der Waals surface area (Å²) < 4.78 is 38.8. The van der Waals surface area contributed by atoms with Crippen molar-refractivity contribution < 1.29 is 32.4 Å². The number of para-hydroxylation sites is 1. The van der Waals surface area contributed by atoms with Crippen LogP contribution in [0.3, 0.4) is 0 Å². The van der Waals surface area contributed by atoms with Gasteiger partial charge in [-0.05, 0) is 30.5 Å². The quantitative estimate of drug-likeness (QED) is 0.572. The zero-order valence-corrected chi connectivity index (χ0v) is 16.1. The van der Waals surface area contributed by atoms with Crippen molar-refractivity contribution in [2.24, 2.45) is 11.8 Å². The van der Waals surface area contributed by atoms with E-state index < -0.39 is 18.2 Å². The van der Waals surface area contributed by atoms with Gasteiger partial charge in [0.1, 0.15) is 5.69 Å². The van der Waals surface area contributed by atoms with Crippen molar-refractivity contribution in [3.05, 3.63) is 48.5 Å². The Balaban J connectivity index is 0.000000396. The van der Waals surface area contributed by atoms with E-state index in [1.807, 2.05) is 42.6 Å². The van der Waals surface area contributed by atoms with E-state index in [4.69, 9.17) is 25.2 Å². The molecule has 0 radical (unpaired) electrons. The van der Waals surface area contributed by atoms with Crippen molar-refractivity contribution in [2.75, 3.05) is 0 Å². The predicted octanol–water partition coefficient (Wildman–Crippen LogP) is 3.53. The molecule has 0 bridgehead atoms. The number of hydrogen-bond donors (Lipinski definition) is 2. The maximum Gasteiger partial charge on any atom is 0.490 e. The van der Waals surface area contributed by atoms with Gasteiger partial charge in [-0.1, -0.05) is 37.2 Å². The molecule has 0 saturated carbocycles. The Morgan fingerprint density at radius 3 is 2.43 bits per heavy atom. The van der Waals surface area contributed by atoms with Crippen molar-refractivity contribution in [1.29, 1.82) is 0 Å². The molecular formula is C18H20F3N5O4. The number of nitrogens with zero attached hydrogens (tertiary/aromatic N) is 4. The van der Waals surface area contributed by atoms with Gasteiger partial charge >= 0.3 is 12.1 Å². The second kappa shape index (κ2) is 9.98. The zero-order chi connectivity index (χ0) is 22.3. The first-order valence-electron chi connectivity index (χ1n) is 8.72. The van der Waals surface area contributed by atoms with Crippen LogP contribution in [-0.2, 0) is 9.63 Å². The molecule has 0 fully saturated rings. The molecule has 3 rings (SSSR count). The summed E-state index contributed by atoms with van der Waals surface area (Å²) >= 11 is 0. The predicted molar refractivity (Wildman–Crippen MR) is 98.0 cm³/mol. The molecule has 0 aliphatic carbocycles. The maximum atomic E-state index is 10.6. The lowest BCUT2D eigenvalue weighted by molar-refractivity contribution is -0.192. The summed E-state index contributed by atoms with van der Waals surface area (Å²) in [6.07, 6.45) is -2.94. The van der Waals surface area contributed by atoms with Crippen molar-refractivity contribution >= 4 is 5.97 Å². The van der Waals surface area contributed by atoms with Crippen molar-refractivity contribution in [3.8, 4) is 17.2 Å². The minimum atomic E-state index is -5.08. The summed E-state index contributed by atoms with van der Waals surface area (Å²) in [5.74, 6) is 3.76. The van der Waals surface area contributed by atoms with E-state index in [1.54, 1.807) is 4.68 Å². The van der Waals surface area contributed by atoms with Gasteiger partial charge in [0.25, 0.3) is 5.89 Å². The van der Waals surface area contributed by atoms with Crippen LogP contribution >= 0.6 is 0 Å². The molecule has 9 nitrogen and oxygen atoms in total. The molecule has 0 amide bonds. The zero-order valence-electron chi connectivity index (χ0n) is 16.1. The van der Waals surface area contributed by atoms with Crippen LogP contribution < -0.4 is 5.90 Å². The number of aliphatic carboxylic acids is 1. The van der Waals surface area contributed by atoms with Crippen LogP contribution in [0.2, 0.25) is 0 Å². The highest BCUT2D eigenvalue weighted by molar-refractivity contribution is 5.73. The van der Waals surface area contributed by atoms with Gasteiger partial charge in [0.05, 0.1) is 5.69 Å². The third kappa shape index (κ3) is 6.39. The summed E-state index contributed by atoms with van der Waals surface area (Å²) in [5.41, 5.74) is 1.59. The molecule has 2 heterocycles. The number of aromatic nitrogens is 4. The van der Waals surface area contributed by atoms with Gasteiger partial charge in [-0.3, -0.25) is 4.84 Å². The number of halogens is 3. The highest BCUT2D eigenvalue weighted by Crippen LogP contribution is 2.24. The summed E-state index contributed by atoms with van der Waals surface area (Å²) in [6.45, 7) is 4.15. The molecule has 2 aromatic heterocycles. The van der Waals surface area contributed by atoms with Crippen LogP contribution in [0.1, 0.15) is 32.3 Å². The van der Waals surface area contributed by atoms with E-state index in [1.165, 1.54) is 0 Å². The van der Waals surface area contributed by atoms with Gasteiger partial charge in [-0.15, -0.1) is 0 Å². The molecule has 0 spiro atoms. The molecule has 3 N–H and O–H groups in total. The molecule has 30 heavy (non-hydrogen) atoms. The first-order valence-corrected chi connectivity index (χ1v) is 8.72. The Hall–Kier alpha value is -3.25. The van der Waals surface area contributed by atoms with Crippen LogP contribution in [-0.4, -0.2) is 37.2 Å². The Bertz CT molecular complexity index is 941. The highest BCUT2D eigenvalue weighted by Gasteiger charge is 2.38. The van der Waals surface area contributed by atoms with Gasteiger partial charge < -0.3 is 9.63 Å². The third-order valence-corrected chi connectivity index (χ3v) is 3.65. The molecular weight excluding hydrogens is 407 g/mol. The molecule has 1 aromatic carbocycles. The molecule has 1 unspecified atom stereocenters. The topological polar surface area (TPSA) is 129 Å². The monoisotopic (exact) mass is 427 g/mol. The Labute approximate surface area is 169 Å². The second-order valence-electron chi connectivity index (χ2n) is 6.49. The molecule has 0 aliphatic heterocycles. The number of carboxylic acid groups (broad SMARTS) is 1. The summed E-state index contributed by atoms with van der Waals surface area (Å²) in [7, 11) is 0. The smallest absolute Gasteiger partial charge is 0.475 e. The van der Waals surface area contributed by atoms with Crippen LogP contribution in [0.4, 0.5) is 13.2 Å². The van der Waals surface area contributed by atoms with E-state index in [9.17, 15) is 13.2 Å². The Kier molecular flexibility index (Phi) is 7.66. The lowest BCUT2D eigenvalue weighted by atomic mass is 10.1. The summed E-state index contributed by atoms with van der Waals surface area (Å²) in [4.78, 5) is 18.2. The molecule has 3 aromatic rings. The average molecular weight is 427 g/mol. The fourth-order valence-corrected chi connectivity index (χ4v) is 2.28. The first-order chi connectivity index (χ1) is 14.1. The van der Waals surface area contributed by atoms with Crippen molar-refractivity contribution in [2.45, 2.75) is 32.5 Å². The van der Waals surface area contributed by atoms with Crippen molar-refractivity contribution in [3.63, 3.8) is 0 Å². The highest BCUT2D eigenvalue weighted by atomic mass is 19.4. The Morgan fingerprint density at radius 2 is 1.90 bits per heavy atom. The van der Waals surface area contributed by atoms with Crippen LogP contribution in [0.5, 0.6) is 0 Å². The fourth-order valence-electron chi connectivity index (χ4n) is 2.28. The molecule has 0 saturated heterocycles. The second-order valence-corrected chi connectivity index (χ2v) is 6.49. The number of benzene rings is 1. The number of rotatable bonds is 6. The van der Waals surface area contributed by atoms with Crippen LogP contribution in [0.15, 0.2) is 47.1 Å². The normalized spacial score (nSPS) is 12.4. The summed E-state index contributed by atoms with van der Waals surface area (Å²) in [5, 5.41) is 15.6. The van der Waals surface area contributed by atoms with Crippen molar-refractivity contribution in [1.82, 2.24) is 19.9 Å². The average Bonchev–Trinajstić information content (AvgIpc) is 3.36. The van der Waals surface area contributed by atoms with Crippen LogP contribution in [0.25, 0.3) is 17.2 Å². The van der Waals surface area contributed by atoms with E-state index >= 15 is 0 Å². The number of carboxylic acids is 1. The first kappa shape index (κ1) is 23.0. The number of hydrogen-bond acceptors (Lipinski definition) is 7. The number of alkyl halides is 3. The van der Waals surface area contributed by atoms with Gasteiger partial charge in [0.15, 0.2) is 6.10 Å². The standard InChI is InChI=1S/C16H19N5O2.C2HF3O2/c1-11(2)10-14(22-17)16-18-15(20-23-16)13-8-9-21(19-13)12-6-4-3-5-7-12;3-2(4,5)1(6)7/h3-9,11,14H,10,17H2,1-2H3;(H,6,7). The number of nitrogens with two attached hydrogens (primary N) is 1. The number of carbonyl (C=O) groups is 1. The summed E-state index contributed by atoms with van der Waals surface area (Å²) in [6, 6.07) is 11.7. The van der Waals surface area contributed by atoms with Gasteiger partial charge in [-0.25, -0.2) is 15.4 Å². The largest absolute Gasteiger partial charge is 0.490 e. The van der Waals surface area contributed by atoms with Gasteiger partial charge in [0.2, 0.25) is 5.82 Å². The Morgan fingerprint density at radius 1 is 1.27 bits per heavy atom. The van der Waals surface area contributed by atoms with E-state index in [0.29, 0.717) is 29.7 Å². The lowest BCUT2D eigenvalue weighted by Gasteiger charge is -2.11. The molecule has 12 heteroatoms. The van der Waals surface area contributed by atoms with E-state index in [-0.39, 0.29) is 0 Å². The van der Waals surface area contributed by atoms with Gasteiger partial charge in [0, 0.05) is 6.20 Å². The minimum Gasteiger partial charge on any atom is -0.475 e. The van der Waals surface area contributed by atoms with Gasteiger partial charge in [-0.2, -0.15) is 23.3 Å². The fraction of sp³-hybridized carbons (Fsp3) is 0.333. The van der Waals surface area contributed by atoms with E-state index in [2.05, 4.69) is 29.1 Å². The maximum absolute atomic E-state index is 10.6.